The summed E-state index contributed by atoms with van der Waals surface area (Å²) in [5.41, 5.74) is 0.638. The molecule has 4 rings (SSSR count). The molecule has 188 valence electrons. The molecule has 2 fully saturated rings. The Morgan fingerprint density at radius 3 is 2.74 bits per heavy atom. The Labute approximate surface area is 205 Å². The fourth-order valence-corrected chi connectivity index (χ4v) is 4.57. The molecule has 9 nitrogen and oxygen atoms in total. The molecule has 35 heavy (non-hydrogen) atoms. The van der Waals surface area contributed by atoms with Crippen molar-refractivity contribution >= 4 is 34.7 Å². The second-order valence-electron chi connectivity index (χ2n) is 8.73. The van der Waals surface area contributed by atoms with E-state index < -0.39 is 22.9 Å². The summed E-state index contributed by atoms with van der Waals surface area (Å²) in [5.74, 6) is -2.75. The van der Waals surface area contributed by atoms with Gasteiger partial charge in [0, 0.05) is 38.4 Å². The number of piperidine rings is 1. The SMILES string of the molecule is O=C(Nc1cccc(Cl)n1)c1ccc([N+](=O)[O-])cc1N1CCC(CCOC2CNCC2(F)F)CC1. The number of non-ortho nitro benzene ring substituents is 1. The summed E-state index contributed by atoms with van der Waals surface area (Å²) in [6, 6.07) is 8.96. The maximum atomic E-state index is 13.7. The van der Waals surface area contributed by atoms with E-state index in [0.717, 1.165) is 12.8 Å². The van der Waals surface area contributed by atoms with Gasteiger partial charge in [0.1, 0.15) is 17.1 Å². The van der Waals surface area contributed by atoms with E-state index in [9.17, 15) is 23.7 Å². The Balaban J connectivity index is 1.39. The first-order valence-corrected chi connectivity index (χ1v) is 11.8. The number of nitrogens with one attached hydrogen (secondary N) is 2. The molecule has 2 aromatic rings. The molecule has 2 saturated heterocycles. The van der Waals surface area contributed by atoms with Gasteiger partial charge in [0.05, 0.1) is 22.7 Å². The molecule has 1 atom stereocenters. The molecular weight excluding hydrogens is 484 g/mol. The summed E-state index contributed by atoms with van der Waals surface area (Å²) in [5, 5.41) is 16.9. The number of benzene rings is 1. The summed E-state index contributed by atoms with van der Waals surface area (Å²) in [4.78, 5) is 29.8. The number of nitro groups is 1. The lowest BCUT2D eigenvalue weighted by atomic mass is 9.93. The van der Waals surface area contributed by atoms with Crippen molar-refractivity contribution in [2.45, 2.75) is 31.3 Å². The van der Waals surface area contributed by atoms with Crippen LogP contribution in [-0.4, -0.2) is 60.6 Å². The van der Waals surface area contributed by atoms with Crippen molar-refractivity contribution in [2.24, 2.45) is 5.92 Å². The van der Waals surface area contributed by atoms with Gasteiger partial charge in [-0.3, -0.25) is 14.9 Å². The van der Waals surface area contributed by atoms with E-state index in [1.54, 1.807) is 18.2 Å². The molecule has 3 heterocycles. The van der Waals surface area contributed by atoms with Gasteiger partial charge in [-0.25, -0.2) is 13.8 Å². The third-order valence-electron chi connectivity index (χ3n) is 6.36. The lowest BCUT2D eigenvalue weighted by Gasteiger charge is -2.34. The van der Waals surface area contributed by atoms with Crippen LogP contribution in [0.5, 0.6) is 0 Å². The maximum absolute atomic E-state index is 13.7. The average Bonchev–Trinajstić information content (AvgIpc) is 3.17. The quantitative estimate of drug-likeness (QED) is 0.313. The third-order valence-corrected chi connectivity index (χ3v) is 6.57. The van der Waals surface area contributed by atoms with E-state index in [1.165, 1.54) is 18.2 Å². The number of halogens is 3. The Hall–Kier alpha value is -2.89. The van der Waals surface area contributed by atoms with Gasteiger partial charge in [-0.05, 0) is 43.4 Å². The van der Waals surface area contributed by atoms with Gasteiger partial charge in [-0.1, -0.05) is 17.7 Å². The predicted octanol–water partition coefficient (Wildman–Crippen LogP) is 4.13. The van der Waals surface area contributed by atoms with E-state index in [1.807, 2.05) is 4.90 Å². The second-order valence-corrected chi connectivity index (χ2v) is 9.12. The molecule has 0 aliphatic carbocycles. The van der Waals surface area contributed by atoms with Crippen LogP contribution >= 0.6 is 11.6 Å². The number of anilines is 2. The number of ether oxygens (including phenoxy) is 1. The Morgan fingerprint density at radius 1 is 1.31 bits per heavy atom. The monoisotopic (exact) mass is 509 g/mol. The van der Waals surface area contributed by atoms with Crippen LogP contribution in [-0.2, 0) is 4.74 Å². The molecule has 0 spiro atoms. The van der Waals surface area contributed by atoms with Crippen LogP contribution in [0.3, 0.4) is 0 Å². The summed E-state index contributed by atoms with van der Waals surface area (Å²) < 4.78 is 32.8. The minimum atomic E-state index is -2.84. The Kier molecular flexibility index (Phi) is 7.78. The lowest BCUT2D eigenvalue weighted by molar-refractivity contribution is -0.384. The van der Waals surface area contributed by atoms with Crippen molar-refractivity contribution in [3.05, 3.63) is 57.2 Å². The number of amides is 1. The molecule has 0 saturated carbocycles. The zero-order valence-corrected chi connectivity index (χ0v) is 19.6. The maximum Gasteiger partial charge on any atom is 0.287 e. The van der Waals surface area contributed by atoms with E-state index in [-0.39, 0.29) is 47.8 Å². The van der Waals surface area contributed by atoms with Crippen molar-refractivity contribution in [1.29, 1.82) is 0 Å². The van der Waals surface area contributed by atoms with Crippen molar-refractivity contribution in [1.82, 2.24) is 10.3 Å². The molecule has 1 unspecified atom stereocenters. The zero-order valence-electron chi connectivity index (χ0n) is 18.9. The van der Waals surface area contributed by atoms with E-state index in [0.29, 0.717) is 25.2 Å². The fraction of sp³-hybridized carbons (Fsp3) is 0.478. The Bertz CT molecular complexity index is 1080. The predicted molar refractivity (Wildman–Crippen MR) is 127 cm³/mol. The normalized spacial score (nSPS) is 20.1. The highest BCUT2D eigenvalue weighted by Gasteiger charge is 2.44. The molecule has 12 heteroatoms. The molecule has 1 aromatic heterocycles. The third kappa shape index (κ3) is 6.22. The summed E-state index contributed by atoms with van der Waals surface area (Å²) in [6.07, 6.45) is 1.07. The van der Waals surface area contributed by atoms with Crippen molar-refractivity contribution in [3.8, 4) is 0 Å². The number of hydrogen-bond acceptors (Lipinski definition) is 7. The molecule has 2 aliphatic heterocycles. The summed E-state index contributed by atoms with van der Waals surface area (Å²) >= 11 is 5.89. The minimum absolute atomic E-state index is 0.112. The van der Waals surface area contributed by atoms with Gasteiger partial charge >= 0.3 is 0 Å². The molecule has 1 aromatic carbocycles. The second kappa shape index (κ2) is 10.8. The molecule has 1 amide bonds. The Morgan fingerprint density at radius 2 is 2.09 bits per heavy atom. The number of pyridine rings is 1. The van der Waals surface area contributed by atoms with Crippen LogP contribution in [0.25, 0.3) is 0 Å². The van der Waals surface area contributed by atoms with Crippen molar-refractivity contribution in [3.63, 3.8) is 0 Å². The van der Waals surface area contributed by atoms with Crippen LogP contribution < -0.4 is 15.5 Å². The van der Waals surface area contributed by atoms with Crippen LogP contribution in [0.2, 0.25) is 5.15 Å². The highest BCUT2D eigenvalue weighted by Crippen LogP contribution is 2.32. The van der Waals surface area contributed by atoms with E-state index in [4.69, 9.17) is 16.3 Å². The van der Waals surface area contributed by atoms with Crippen LogP contribution in [0.4, 0.5) is 26.0 Å². The van der Waals surface area contributed by atoms with Gasteiger partial charge in [-0.15, -0.1) is 0 Å². The number of rotatable bonds is 8. The number of nitrogens with zero attached hydrogens (tertiary/aromatic N) is 3. The zero-order chi connectivity index (χ0) is 25.0. The molecule has 2 N–H and O–H groups in total. The number of hydrogen-bond donors (Lipinski definition) is 2. The summed E-state index contributed by atoms with van der Waals surface area (Å²) in [6.45, 7) is 1.19. The van der Waals surface area contributed by atoms with Crippen LogP contribution in [0, 0.1) is 16.0 Å². The largest absolute Gasteiger partial charge is 0.371 e. The first kappa shape index (κ1) is 25.2. The molecule has 2 aliphatic rings. The number of alkyl halides is 2. The topological polar surface area (TPSA) is 110 Å². The summed E-state index contributed by atoms with van der Waals surface area (Å²) in [7, 11) is 0. The minimum Gasteiger partial charge on any atom is -0.371 e. The van der Waals surface area contributed by atoms with Gasteiger partial charge < -0.3 is 20.3 Å². The standard InChI is InChI=1S/C23H26ClF2N5O4/c24-20-2-1-3-21(28-20)29-22(32)17-5-4-16(31(33)34)12-18(17)30-9-6-15(7-10-30)8-11-35-19-13-27-14-23(19,25)26/h1-5,12,15,19,27H,6-11,13-14H2,(H,28,29,32). The molecule has 0 radical (unpaired) electrons. The average molecular weight is 510 g/mol. The highest BCUT2D eigenvalue weighted by atomic mass is 35.5. The van der Waals surface area contributed by atoms with Gasteiger partial charge in [-0.2, -0.15) is 0 Å². The van der Waals surface area contributed by atoms with Gasteiger partial charge in [0.2, 0.25) is 0 Å². The smallest absolute Gasteiger partial charge is 0.287 e. The van der Waals surface area contributed by atoms with Crippen LogP contribution in [0.15, 0.2) is 36.4 Å². The number of carbonyl (C=O) groups is 1. The lowest BCUT2D eigenvalue weighted by Crippen LogP contribution is -2.37. The fourth-order valence-electron chi connectivity index (χ4n) is 4.40. The number of nitro benzene ring substituents is 1. The van der Waals surface area contributed by atoms with E-state index >= 15 is 0 Å². The number of carbonyl (C=O) groups excluding carboxylic acids is 1. The number of aromatic nitrogens is 1. The van der Waals surface area contributed by atoms with E-state index in [2.05, 4.69) is 15.6 Å². The van der Waals surface area contributed by atoms with Crippen molar-refractivity contribution < 1.29 is 23.2 Å². The first-order chi connectivity index (χ1) is 16.7. The first-order valence-electron chi connectivity index (χ1n) is 11.4. The van der Waals surface area contributed by atoms with Crippen LogP contribution in [0.1, 0.15) is 29.6 Å². The molecular formula is C23H26ClF2N5O4. The molecule has 0 bridgehead atoms. The highest BCUT2D eigenvalue weighted by molar-refractivity contribution is 6.29. The van der Waals surface area contributed by atoms with Gasteiger partial charge in [0.25, 0.3) is 17.5 Å². The van der Waals surface area contributed by atoms with Crippen molar-refractivity contribution in [2.75, 3.05) is 43.0 Å². The van der Waals surface area contributed by atoms with Gasteiger partial charge in [0.15, 0.2) is 0 Å².